The van der Waals surface area contributed by atoms with Crippen molar-refractivity contribution < 1.29 is 27.1 Å². The quantitative estimate of drug-likeness (QED) is 0.765. The summed E-state index contributed by atoms with van der Waals surface area (Å²) in [4.78, 5) is 11.8. The second kappa shape index (κ2) is 8.15. The average molecular weight is 382 g/mol. The van der Waals surface area contributed by atoms with E-state index in [9.17, 15) is 17.6 Å². The molecule has 0 bridgehead atoms. The van der Waals surface area contributed by atoms with Gasteiger partial charge in [-0.25, -0.2) is 17.5 Å². The predicted molar refractivity (Wildman–Crippen MR) is 94.5 cm³/mol. The molecule has 7 nitrogen and oxygen atoms in total. The smallest absolute Gasteiger partial charge is 0.244 e. The maximum atomic E-state index is 13.7. The Balaban J connectivity index is 2.11. The molecule has 0 spiro atoms. The van der Waals surface area contributed by atoms with Gasteiger partial charge in [-0.3, -0.25) is 4.79 Å². The number of ether oxygens (including phenoxy) is 2. The molecule has 0 saturated carbocycles. The third-order valence-corrected chi connectivity index (χ3v) is 4.90. The first-order chi connectivity index (χ1) is 12.3. The van der Waals surface area contributed by atoms with Crippen LogP contribution < -0.4 is 19.5 Å². The number of nitrogens with one attached hydrogen (secondary N) is 2. The summed E-state index contributed by atoms with van der Waals surface area (Å²) < 4.78 is 50.8. The molecule has 140 valence electrons. The number of anilines is 1. The van der Waals surface area contributed by atoms with E-state index in [4.69, 9.17) is 9.47 Å². The van der Waals surface area contributed by atoms with Gasteiger partial charge in [-0.15, -0.1) is 0 Å². The molecule has 2 aromatic rings. The van der Waals surface area contributed by atoms with Gasteiger partial charge in [0.05, 0.1) is 26.5 Å². The van der Waals surface area contributed by atoms with Gasteiger partial charge in [0.15, 0.2) is 0 Å². The summed E-state index contributed by atoms with van der Waals surface area (Å²) in [6, 6.07) is 8.56. The first-order valence-corrected chi connectivity index (χ1v) is 9.03. The zero-order valence-electron chi connectivity index (χ0n) is 14.5. The maximum absolute atomic E-state index is 13.7. The number of carbonyl (C=O) groups is 1. The van der Waals surface area contributed by atoms with Gasteiger partial charge in [0.25, 0.3) is 0 Å². The van der Waals surface area contributed by atoms with E-state index in [1.54, 1.807) is 19.1 Å². The van der Waals surface area contributed by atoms with E-state index in [1.807, 2.05) is 0 Å². The molecule has 0 aliphatic rings. The van der Waals surface area contributed by atoms with E-state index < -0.39 is 28.3 Å². The molecule has 1 amide bonds. The fourth-order valence-corrected chi connectivity index (χ4v) is 3.31. The maximum Gasteiger partial charge on any atom is 0.244 e. The fraction of sp³-hybridized carbons (Fsp3) is 0.235. The van der Waals surface area contributed by atoms with Crippen molar-refractivity contribution in [3.8, 4) is 11.5 Å². The normalized spacial score (nSPS) is 11.1. The van der Waals surface area contributed by atoms with Crippen LogP contribution in [0.1, 0.15) is 5.56 Å². The molecule has 0 heterocycles. The molecule has 2 rings (SSSR count). The van der Waals surface area contributed by atoms with Gasteiger partial charge in [-0.1, -0.05) is 6.07 Å². The topological polar surface area (TPSA) is 93.7 Å². The zero-order chi connectivity index (χ0) is 19.3. The Hall–Kier alpha value is -2.65. The molecule has 2 N–H and O–H groups in total. The molecular formula is C17H19FN2O5S. The Bertz CT molecular complexity index is 915. The molecule has 0 aliphatic heterocycles. The summed E-state index contributed by atoms with van der Waals surface area (Å²) in [6.07, 6.45) is 0. The predicted octanol–water partition coefficient (Wildman–Crippen LogP) is 2.07. The van der Waals surface area contributed by atoms with E-state index in [1.165, 1.54) is 38.5 Å². The van der Waals surface area contributed by atoms with E-state index in [0.29, 0.717) is 11.3 Å². The third kappa shape index (κ3) is 4.70. The fourth-order valence-electron chi connectivity index (χ4n) is 2.15. The van der Waals surface area contributed by atoms with Crippen LogP contribution in [0, 0.1) is 12.7 Å². The van der Waals surface area contributed by atoms with Crippen LogP contribution in [-0.4, -0.2) is 35.1 Å². The van der Waals surface area contributed by atoms with Crippen molar-refractivity contribution in [1.82, 2.24) is 4.72 Å². The zero-order valence-corrected chi connectivity index (χ0v) is 15.3. The number of amides is 1. The van der Waals surface area contributed by atoms with Gasteiger partial charge in [0, 0.05) is 6.07 Å². The largest absolute Gasteiger partial charge is 0.497 e. The van der Waals surface area contributed by atoms with Gasteiger partial charge in [0.2, 0.25) is 15.9 Å². The molecule has 26 heavy (non-hydrogen) atoms. The lowest BCUT2D eigenvalue weighted by Crippen LogP contribution is -2.33. The summed E-state index contributed by atoms with van der Waals surface area (Å²) in [6.45, 7) is 1.14. The lowest BCUT2D eigenvalue weighted by Gasteiger charge is -2.12. The van der Waals surface area contributed by atoms with Crippen LogP contribution >= 0.6 is 0 Å². The summed E-state index contributed by atoms with van der Waals surface area (Å²) in [5.41, 5.74) is 0.671. The Labute approximate surface area is 151 Å². The molecule has 9 heteroatoms. The number of methoxy groups -OCH3 is 2. The summed E-state index contributed by atoms with van der Waals surface area (Å²) in [5, 5.41) is 2.32. The van der Waals surface area contributed by atoms with Crippen molar-refractivity contribution in [2.75, 3.05) is 26.1 Å². The highest BCUT2D eigenvalue weighted by atomic mass is 32.2. The number of halogens is 1. The number of carbonyl (C=O) groups excluding carboxylic acids is 1. The monoisotopic (exact) mass is 382 g/mol. The first-order valence-electron chi connectivity index (χ1n) is 7.54. The second-order valence-electron chi connectivity index (χ2n) is 5.37. The van der Waals surface area contributed by atoms with E-state index in [-0.39, 0.29) is 16.3 Å². The first kappa shape index (κ1) is 19.7. The van der Waals surface area contributed by atoms with Crippen LogP contribution in [0.4, 0.5) is 10.1 Å². The van der Waals surface area contributed by atoms with E-state index >= 15 is 0 Å². The van der Waals surface area contributed by atoms with Gasteiger partial charge < -0.3 is 14.8 Å². The van der Waals surface area contributed by atoms with Gasteiger partial charge in [0.1, 0.15) is 22.2 Å². The van der Waals surface area contributed by atoms with Crippen LogP contribution in [0.5, 0.6) is 11.5 Å². The lowest BCUT2D eigenvalue weighted by atomic mass is 10.2. The minimum absolute atomic E-state index is 0.0289. The minimum Gasteiger partial charge on any atom is -0.497 e. The van der Waals surface area contributed by atoms with Gasteiger partial charge >= 0.3 is 0 Å². The van der Waals surface area contributed by atoms with Crippen molar-refractivity contribution in [3.63, 3.8) is 0 Å². The SMILES string of the molecule is COc1ccc(OC)c(S(=O)(=O)NCC(=O)Nc2ccc(C)cc2F)c1. The van der Waals surface area contributed by atoms with Crippen molar-refractivity contribution in [3.05, 3.63) is 47.8 Å². The number of aryl methyl sites for hydroxylation is 1. The van der Waals surface area contributed by atoms with Crippen molar-refractivity contribution in [1.29, 1.82) is 0 Å². The Kier molecular flexibility index (Phi) is 6.17. The molecule has 0 aromatic heterocycles. The highest BCUT2D eigenvalue weighted by molar-refractivity contribution is 7.89. The molecule has 2 aromatic carbocycles. The summed E-state index contributed by atoms with van der Waals surface area (Å²) in [7, 11) is -1.32. The van der Waals surface area contributed by atoms with E-state index in [0.717, 1.165) is 0 Å². The van der Waals surface area contributed by atoms with Crippen molar-refractivity contribution >= 4 is 21.6 Å². The lowest BCUT2D eigenvalue weighted by molar-refractivity contribution is -0.115. The molecule has 0 fully saturated rings. The van der Waals surface area contributed by atoms with Crippen LogP contribution in [-0.2, 0) is 14.8 Å². The highest BCUT2D eigenvalue weighted by Gasteiger charge is 2.21. The third-order valence-electron chi connectivity index (χ3n) is 3.48. The number of hydrogen-bond donors (Lipinski definition) is 2. The van der Waals surface area contributed by atoms with Crippen LogP contribution in [0.3, 0.4) is 0 Å². The molecule has 0 saturated heterocycles. The number of rotatable bonds is 7. The highest BCUT2D eigenvalue weighted by Crippen LogP contribution is 2.27. The number of hydrogen-bond acceptors (Lipinski definition) is 5. The molecule has 0 radical (unpaired) electrons. The molecule has 0 atom stereocenters. The van der Waals surface area contributed by atoms with Crippen molar-refractivity contribution in [2.45, 2.75) is 11.8 Å². The second-order valence-corrected chi connectivity index (χ2v) is 7.11. The number of benzene rings is 2. The molecular weight excluding hydrogens is 363 g/mol. The van der Waals surface area contributed by atoms with Gasteiger partial charge in [-0.05, 0) is 36.8 Å². The minimum atomic E-state index is -4.05. The van der Waals surface area contributed by atoms with Crippen molar-refractivity contribution in [2.24, 2.45) is 0 Å². The molecule has 0 aliphatic carbocycles. The van der Waals surface area contributed by atoms with Crippen LogP contribution in [0.2, 0.25) is 0 Å². The van der Waals surface area contributed by atoms with Crippen LogP contribution in [0.15, 0.2) is 41.3 Å². The Morgan fingerprint density at radius 1 is 1.12 bits per heavy atom. The average Bonchev–Trinajstić information content (AvgIpc) is 2.62. The van der Waals surface area contributed by atoms with E-state index in [2.05, 4.69) is 10.0 Å². The number of sulfonamides is 1. The summed E-state index contributed by atoms with van der Waals surface area (Å²) >= 11 is 0. The Morgan fingerprint density at radius 3 is 2.46 bits per heavy atom. The van der Waals surface area contributed by atoms with Gasteiger partial charge in [-0.2, -0.15) is 0 Å². The standard InChI is InChI=1S/C17H19FN2O5S/c1-11-4-6-14(13(18)8-11)20-17(21)10-19-26(22,23)16-9-12(24-2)5-7-15(16)25-3/h4-9,19H,10H2,1-3H3,(H,20,21). The Morgan fingerprint density at radius 2 is 1.85 bits per heavy atom. The summed E-state index contributed by atoms with van der Waals surface area (Å²) in [5.74, 6) is -0.894. The van der Waals surface area contributed by atoms with Crippen LogP contribution in [0.25, 0.3) is 0 Å². The molecule has 0 unspecified atom stereocenters.